The maximum atomic E-state index is 12.6. The van der Waals surface area contributed by atoms with Gasteiger partial charge in [0, 0.05) is 32.8 Å². The van der Waals surface area contributed by atoms with Crippen molar-refractivity contribution in [3.63, 3.8) is 0 Å². The summed E-state index contributed by atoms with van der Waals surface area (Å²) in [6.45, 7) is 6.12. The fourth-order valence-electron chi connectivity index (χ4n) is 4.58. The van der Waals surface area contributed by atoms with Gasteiger partial charge in [0.1, 0.15) is 16.1 Å². The van der Waals surface area contributed by atoms with E-state index in [1.807, 2.05) is 38.3 Å². The Morgan fingerprint density at radius 3 is 2.54 bits per heavy atom. The Morgan fingerprint density at radius 1 is 1.20 bits per heavy atom. The van der Waals surface area contributed by atoms with Gasteiger partial charge in [0.2, 0.25) is 0 Å². The van der Waals surface area contributed by atoms with E-state index >= 15 is 0 Å². The largest absolute Gasteiger partial charge is 0.496 e. The molecule has 1 aliphatic carbocycles. The third kappa shape index (κ3) is 4.45. The maximum Gasteiger partial charge on any atom is 0.407 e. The molecule has 0 radical (unpaired) electrons. The number of aromatic amines is 1. The minimum Gasteiger partial charge on any atom is -0.496 e. The van der Waals surface area contributed by atoms with Gasteiger partial charge in [-0.2, -0.15) is 0 Å². The predicted molar refractivity (Wildman–Crippen MR) is 145 cm³/mol. The molecule has 0 saturated heterocycles. The van der Waals surface area contributed by atoms with Gasteiger partial charge in [0.15, 0.2) is 0 Å². The van der Waals surface area contributed by atoms with Crippen LogP contribution >= 0.6 is 27.3 Å². The number of fused-ring (bicyclic) bond motifs is 3. The van der Waals surface area contributed by atoms with E-state index in [1.54, 1.807) is 7.11 Å². The number of methoxy groups -OCH3 is 1. The van der Waals surface area contributed by atoms with Crippen LogP contribution in [0.25, 0.3) is 32.1 Å². The molecule has 1 fully saturated rings. The molecule has 0 spiro atoms. The van der Waals surface area contributed by atoms with E-state index in [0.29, 0.717) is 11.2 Å². The van der Waals surface area contributed by atoms with Crippen LogP contribution in [0.5, 0.6) is 5.75 Å². The number of thiophene rings is 1. The number of hydrogen-bond acceptors (Lipinski definition) is 5. The molecular formula is C27H27BrN2O4S. The van der Waals surface area contributed by atoms with Crippen molar-refractivity contribution < 1.29 is 14.3 Å². The quantitative estimate of drug-likeness (QED) is 0.286. The number of carbonyl (C=O) groups is 1. The van der Waals surface area contributed by atoms with Crippen LogP contribution in [0.2, 0.25) is 0 Å². The summed E-state index contributed by atoms with van der Waals surface area (Å²) < 4.78 is 12.6. The number of halogens is 1. The average molecular weight is 555 g/mol. The van der Waals surface area contributed by atoms with Crippen molar-refractivity contribution in [3.8, 4) is 16.9 Å². The van der Waals surface area contributed by atoms with Crippen LogP contribution < -0.4 is 15.6 Å². The maximum absolute atomic E-state index is 12.6. The number of carbonyl (C=O) groups excluding carboxylic acids is 1. The molecule has 35 heavy (non-hydrogen) atoms. The van der Waals surface area contributed by atoms with E-state index in [9.17, 15) is 9.59 Å². The summed E-state index contributed by atoms with van der Waals surface area (Å²) in [5.41, 5.74) is 3.20. The van der Waals surface area contributed by atoms with E-state index in [-0.39, 0.29) is 17.1 Å². The van der Waals surface area contributed by atoms with Crippen molar-refractivity contribution >= 4 is 54.3 Å². The first-order valence-corrected chi connectivity index (χ1v) is 13.2. The second-order valence-corrected chi connectivity index (χ2v) is 11.8. The van der Waals surface area contributed by atoms with Crippen LogP contribution in [0.3, 0.4) is 0 Å². The zero-order valence-electron chi connectivity index (χ0n) is 20.1. The number of nitrogens with one attached hydrogen (secondary N) is 2. The molecule has 0 atom stereocenters. The van der Waals surface area contributed by atoms with Crippen molar-refractivity contribution in [2.45, 2.75) is 44.6 Å². The van der Waals surface area contributed by atoms with Gasteiger partial charge in [-0.05, 0) is 78.2 Å². The Balaban J connectivity index is 1.52. The monoisotopic (exact) mass is 554 g/mol. The Bertz CT molecular complexity index is 1490. The van der Waals surface area contributed by atoms with Crippen LogP contribution in [-0.4, -0.2) is 30.3 Å². The Kier molecular flexibility index (Phi) is 5.92. The highest BCUT2D eigenvalue weighted by molar-refractivity contribution is 9.10. The minimum atomic E-state index is -0.521. The Hall–Kier alpha value is -2.84. The highest BCUT2D eigenvalue weighted by Crippen LogP contribution is 2.49. The summed E-state index contributed by atoms with van der Waals surface area (Å²) >= 11 is 5.04. The lowest BCUT2D eigenvalue weighted by Crippen LogP contribution is -2.37. The van der Waals surface area contributed by atoms with Crippen molar-refractivity contribution in [3.05, 3.63) is 62.2 Å². The number of benzene rings is 2. The number of alkyl carbamates (subject to hydrolysis) is 1. The molecule has 2 heterocycles. The molecule has 6 nitrogen and oxygen atoms in total. The molecule has 0 unspecified atom stereocenters. The van der Waals surface area contributed by atoms with Crippen LogP contribution in [0.4, 0.5) is 4.79 Å². The van der Waals surface area contributed by atoms with Crippen LogP contribution in [0.1, 0.15) is 39.2 Å². The first-order valence-electron chi connectivity index (χ1n) is 11.5. The number of ether oxygens (including phenoxy) is 2. The molecule has 1 saturated carbocycles. The molecule has 1 aliphatic rings. The molecule has 5 rings (SSSR count). The van der Waals surface area contributed by atoms with E-state index in [4.69, 9.17) is 9.47 Å². The molecule has 4 aromatic rings. The second kappa shape index (κ2) is 8.68. The molecular weight excluding hydrogens is 528 g/mol. The fourth-order valence-corrected chi connectivity index (χ4v) is 5.88. The summed E-state index contributed by atoms with van der Waals surface area (Å²) in [7, 11) is 1.66. The zero-order valence-corrected chi connectivity index (χ0v) is 22.5. The Morgan fingerprint density at radius 2 is 1.91 bits per heavy atom. The normalized spacial score (nSPS) is 14.8. The number of amides is 1. The summed E-state index contributed by atoms with van der Waals surface area (Å²) in [6.07, 6.45) is 1.65. The van der Waals surface area contributed by atoms with E-state index in [1.165, 1.54) is 16.9 Å². The minimum absolute atomic E-state index is 0.0623. The summed E-state index contributed by atoms with van der Waals surface area (Å²) in [6, 6.07) is 12.3. The number of H-pyrrole nitrogens is 1. The zero-order chi connectivity index (χ0) is 25.0. The van der Waals surface area contributed by atoms with Gasteiger partial charge in [-0.1, -0.05) is 24.3 Å². The van der Waals surface area contributed by atoms with E-state index in [0.717, 1.165) is 50.5 Å². The standard InChI is InChI=1S/C27H27BrN2O4S/c1-26(2,3)34-25(32)29-14-27(10-11-27)16-7-5-15(6-8-16)20-19(33-4)13-18(28)22-21(20)17-9-12-35-23(17)24(31)30-22/h5-9,12-13H,10-11,14H2,1-4H3,(H,29,32)(H,30,31). The van der Waals surface area contributed by atoms with Crippen molar-refractivity contribution in [1.82, 2.24) is 10.3 Å². The lowest BCUT2D eigenvalue weighted by molar-refractivity contribution is 0.0522. The van der Waals surface area contributed by atoms with Gasteiger partial charge in [0.25, 0.3) is 5.56 Å². The molecule has 8 heteroatoms. The Labute approximate surface area is 215 Å². The first-order chi connectivity index (χ1) is 16.6. The molecule has 2 aromatic carbocycles. The highest BCUT2D eigenvalue weighted by atomic mass is 79.9. The van der Waals surface area contributed by atoms with Gasteiger partial charge >= 0.3 is 6.09 Å². The SMILES string of the molecule is COc1cc(Br)c2[nH]c(=O)c3sccc3c2c1-c1ccc(C2(CNC(=O)OC(C)(C)C)CC2)cc1. The van der Waals surface area contributed by atoms with Crippen molar-refractivity contribution in [1.29, 1.82) is 0 Å². The molecule has 0 aliphatic heterocycles. The molecule has 0 bridgehead atoms. The smallest absolute Gasteiger partial charge is 0.407 e. The molecule has 1 amide bonds. The lowest BCUT2D eigenvalue weighted by Gasteiger charge is -2.22. The summed E-state index contributed by atoms with van der Waals surface area (Å²) in [4.78, 5) is 27.8. The third-order valence-corrected chi connectivity index (χ3v) is 7.99. The average Bonchev–Trinajstić information content (AvgIpc) is 3.43. The highest BCUT2D eigenvalue weighted by Gasteiger charge is 2.44. The topological polar surface area (TPSA) is 80.4 Å². The van der Waals surface area contributed by atoms with Gasteiger partial charge < -0.3 is 19.8 Å². The van der Waals surface area contributed by atoms with E-state index in [2.05, 4.69) is 50.5 Å². The third-order valence-electron chi connectivity index (χ3n) is 6.45. The van der Waals surface area contributed by atoms with Gasteiger partial charge in [-0.15, -0.1) is 11.3 Å². The second-order valence-electron chi connectivity index (χ2n) is 10.0. The number of hydrogen-bond donors (Lipinski definition) is 2. The van der Waals surface area contributed by atoms with Crippen LogP contribution in [0.15, 0.2) is 51.0 Å². The molecule has 182 valence electrons. The van der Waals surface area contributed by atoms with Gasteiger partial charge in [0.05, 0.1) is 12.6 Å². The van der Waals surface area contributed by atoms with Crippen molar-refractivity contribution in [2.24, 2.45) is 0 Å². The van der Waals surface area contributed by atoms with Crippen LogP contribution in [-0.2, 0) is 10.2 Å². The summed E-state index contributed by atoms with van der Waals surface area (Å²) in [5, 5.41) is 6.74. The van der Waals surface area contributed by atoms with Crippen LogP contribution in [0, 0.1) is 0 Å². The number of aromatic nitrogens is 1. The number of pyridine rings is 1. The first kappa shape index (κ1) is 23.9. The van der Waals surface area contributed by atoms with Crippen molar-refractivity contribution in [2.75, 3.05) is 13.7 Å². The lowest BCUT2D eigenvalue weighted by atomic mass is 9.92. The fraction of sp³-hybridized carbons (Fsp3) is 0.333. The predicted octanol–water partition coefficient (Wildman–Crippen LogP) is 6.74. The molecule has 2 N–H and O–H groups in total. The van der Waals surface area contributed by atoms with Gasteiger partial charge in [-0.3, -0.25) is 4.79 Å². The van der Waals surface area contributed by atoms with E-state index < -0.39 is 5.60 Å². The molecule has 2 aromatic heterocycles. The van der Waals surface area contributed by atoms with Gasteiger partial charge in [-0.25, -0.2) is 4.79 Å². The number of rotatable bonds is 5. The summed E-state index contributed by atoms with van der Waals surface area (Å²) in [5.74, 6) is 0.726.